The lowest BCUT2D eigenvalue weighted by atomic mass is 9.49. The van der Waals surface area contributed by atoms with Crippen LogP contribution in [-0.4, -0.2) is 95.3 Å². The van der Waals surface area contributed by atoms with E-state index in [0.717, 1.165) is 33.8 Å². The van der Waals surface area contributed by atoms with Crippen LogP contribution in [0.2, 0.25) is 0 Å². The number of aliphatic hydroxyl groups is 1. The molecule has 0 bridgehead atoms. The second kappa shape index (κ2) is 21.3. The minimum atomic E-state index is -4.72. The number of alkyl halides is 3. The molecule has 1 aliphatic carbocycles. The van der Waals surface area contributed by atoms with E-state index in [2.05, 4.69) is 20.9 Å². The number of likely N-dealkylation sites (tertiary alicyclic amines) is 1. The number of unbranched alkanes of at least 4 members (excludes halogenated alkanes) is 1. The number of carbonyl (C=O) groups is 4. The molecule has 2 heterocycles. The van der Waals surface area contributed by atoms with Gasteiger partial charge in [-0.1, -0.05) is 72.7 Å². The summed E-state index contributed by atoms with van der Waals surface area (Å²) in [5, 5.41) is 28.5. The second-order valence-electron chi connectivity index (χ2n) is 19.9. The molecule has 2 aliphatic rings. The molecular weight excluding hydrogens is 914 g/mol. The monoisotopic (exact) mass is 974 g/mol. The largest absolute Gasteiger partial charge is 0.494 e. The number of nitriles is 1. The van der Waals surface area contributed by atoms with Gasteiger partial charge < -0.3 is 40.2 Å². The topological polar surface area (TPSA) is 192 Å². The third kappa shape index (κ3) is 12.4. The maximum Gasteiger partial charge on any atom is 0.417 e. The maximum atomic E-state index is 14.0. The Balaban J connectivity index is 0.903. The van der Waals surface area contributed by atoms with E-state index in [9.17, 15) is 37.5 Å². The Morgan fingerprint density at radius 1 is 0.957 bits per heavy atom. The first kappa shape index (κ1) is 52.3. The van der Waals surface area contributed by atoms with Crippen molar-refractivity contribution < 1.29 is 51.7 Å². The average Bonchev–Trinajstić information content (AvgIpc) is 3.92. The van der Waals surface area contributed by atoms with Crippen LogP contribution in [0.4, 0.5) is 13.2 Å². The van der Waals surface area contributed by atoms with E-state index in [1.165, 1.54) is 11.0 Å². The first-order valence-corrected chi connectivity index (χ1v) is 23.7. The van der Waals surface area contributed by atoms with Crippen molar-refractivity contribution in [2.24, 2.45) is 16.2 Å². The zero-order chi connectivity index (χ0) is 50.5. The van der Waals surface area contributed by atoms with Crippen molar-refractivity contribution in [2.45, 2.75) is 118 Å². The summed E-state index contributed by atoms with van der Waals surface area (Å²) < 4.78 is 58.3. The Labute approximate surface area is 404 Å². The fraction of sp³-hybridized carbons (Fsp3) is 0.490. The highest BCUT2D eigenvalue weighted by Crippen LogP contribution is 2.56. The van der Waals surface area contributed by atoms with E-state index in [1.807, 2.05) is 79.7 Å². The SMILES string of the molecule is Cc1ncsc1-c1ccc(CNC(=O)[C@@H]2C[C@@H](O)CN2C(=O)C(NC(=O)COCCCCOc2ccc(C(=O)NC3C(C)(C)C(Oc4ccc(C#N)c(C(F)(F)F)c4)C3(C)C)cc2)C(C)(C)C)cc1. The van der Waals surface area contributed by atoms with Gasteiger partial charge >= 0.3 is 6.18 Å². The summed E-state index contributed by atoms with van der Waals surface area (Å²) in [5.74, 6) is -1.16. The normalized spacial score (nSPS) is 20.0. The number of aliphatic hydroxyl groups excluding tert-OH is 1. The highest BCUT2D eigenvalue weighted by atomic mass is 32.1. The van der Waals surface area contributed by atoms with Gasteiger partial charge in [0.05, 0.1) is 46.0 Å². The first-order chi connectivity index (χ1) is 32.4. The van der Waals surface area contributed by atoms with Crippen molar-refractivity contribution in [3.05, 3.63) is 100 Å². The third-order valence-electron chi connectivity index (χ3n) is 12.8. The van der Waals surface area contributed by atoms with E-state index in [0.29, 0.717) is 30.8 Å². The standard InChI is InChI=1S/C51H61F3N6O8S/c1-30-41(69-29-57-30)32-13-11-31(12-14-32)26-56-44(64)39-23-35(61)27-60(39)45(65)42(48(2,3)4)58-40(62)28-66-21-9-10-22-67-36-18-15-33(16-19-36)43(63)59-46-49(5,6)47(50(46,7)8)68-37-20-17-34(25-55)38(24-37)51(52,53)54/h11-20,24,29,35,39,42,46-47,61H,9-10,21-23,26-28H2,1-8H3,(H,56,64)(H,58,62)(H,59,63)/t35-,39+,42?,46?,47?/m1/s1. The van der Waals surface area contributed by atoms with Crippen molar-refractivity contribution in [1.82, 2.24) is 25.8 Å². The number of thiazole rings is 1. The Hall–Kier alpha value is -6.03. The van der Waals surface area contributed by atoms with Gasteiger partial charge in [0, 0.05) is 48.6 Å². The quantitative estimate of drug-likeness (QED) is 0.0722. The highest BCUT2D eigenvalue weighted by Gasteiger charge is 2.64. The fourth-order valence-corrected chi connectivity index (χ4v) is 10.2. The van der Waals surface area contributed by atoms with Gasteiger partial charge in [0.1, 0.15) is 36.3 Å². The van der Waals surface area contributed by atoms with E-state index in [4.69, 9.17) is 19.5 Å². The van der Waals surface area contributed by atoms with Crippen LogP contribution in [-0.2, 0) is 31.8 Å². The molecule has 4 aromatic rings. The molecule has 3 aromatic carbocycles. The summed E-state index contributed by atoms with van der Waals surface area (Å²) in [5.41, 5.74) is 1.45. The van der Waals surface area contributed by atoms with Crippen molar-refractivity contribution in [1.29, 1.82) is 5.26 Å². The Morgan fingerprint density at radius 2 is 1.61 bits per heavy atom. The number of amides is 4. The van der Waals surface area contributed by atoms with Crippen LogP contribution in [0.3, 0.4) is 0 Å². The van der Waals surface area contributed by atoms with Gasteiger partial charge in [-0.05, 0) is 78.8 Å². The molecule has 1 saturated carbocycles. The van der Waals surface area contributed by atoms with Crippen LogP contribution in [0.1, 0.15) is 100 Å². The summed E-state index contributed by atoms with van der Waals surface area (Å²) in [6, 6.07) is 17.0. The zero-order valence-corrected chi connectivity index (χ0v) is 41.0. The maximum absolute atomic E-state index is 14.0. The van der Waals surface area contributed by atoms with Crippen LogP contribution in [0.25, 0.3) is 10.4 Å². The lowest BCUT2D eigenvalue weighted by Crippen LogP contribution is -2.74. The van der Waals surface area contributed by atoms with Crippen LogP contribution in [0.15, 0.2) is 72.2 Å². The number of β-amino-alcohol motifs (C(OH)–C–C–N with tert-alkyl or cyclic N) is 1. The highest BCUT2D eigenvalue weighted by molar-refractivity contribution is 7.13. The molecule has 2 fully saturated rings. The summed E-state index contributed by atoms with van der Waals surface area (Å²) in [7, 11) is 0. The van der Waals surface area contributed by atoms with Gasteiger partial charge in [0.15, 0.2) is 0 Å². The molecule has 69 heavy (non-hydrogen) atoms. The van der Waals surface area contributed by atoms with Gasteiger partial charge in [-0.15, -0.1) is 11.3 Å². The van der Waals surface area contributed by atoms with Crippen molar-refractivity contribution in [3.63, 3.8) is 0 Å². The fourth-order valence-electron chi connectivity index (χ4n) is 9.43. The number of carbonyl (C=O) groups excluding carboxylic acids is 4. The number of hydrogen-bond acceptors (Lipinski definition) is 11. The van der Waals surface area contributed by atoms with E-state index in [1.54, 1.807) is 47.2 Å². The number of benzene rings is 3. The summed E-state index contributed by atoms with van der Waals surface area (Å²) in [6.45, 7) is 15.4. The Kier molecular flexibility index (Phi) is 16.2. The molecule has 4 amide bonds. The number of halogens is 3. The molecule has 0 radical (unpaired) electrons. The number of aryl methyl sites for hydroxylation is 1. The predicted molar refractivity (Wildman–Crippen MR) is 253 cm³/mol. The summed E-state index contributed by atoms with van der Waals surface area (Å²) >= 11 is 1.56. The first-order valence-electron chi connectivity index (χ1n) is 22.9. The summed E-state index contributed by atoms with van der Waals surface area (Å²) in [6.07, 6.45) is -4.92. The summed E-state index contributed by atoms with van der Waals surface area (Å²) in [4.78, 5) is 60.5. The lowest BCUT2D eigenvalue weighted by Gasteiger charge is -2.63. The number of aromatic nitrogens is 1. The van der Waals surface area contributed by atoms with E-state index < -0.39 is 75.6 Å². The van der Waals surface area contributed by atoms with Gasteiger partial charge in [-0.2, -0.15) is 18.4 Å². The lowest BCUT2D eigenvalue weighted by molar-refractivity contribution is -0.164. The average molecular weight is 975 g/mol. The third-order valence-corrected chi connectivity index (χ3v) is 13.8. The molecule has 1 aromatic heterocycles. The van der Waals surface area contributed by atoms with Crippen molar-refractivity contribution >= 4 is 35.0 Å². The molecular formula is C51H61F3N6O8S. The molecule has 18 heteroatoms. The number of nitrogens with zero attached hydrogens (tertiary/aromatic N) is 3. The number of ether oxygens (including phenoxy) is 3. The number of nitrogens with one attached hydrogen (secondary N) is 3. The molecule has 3 atom stereocenters. The van der Waals surface area contributed by atoms with Gasteiger partial charge in [-0.25, -0.2) is 4.98 Å². The minimum absolute atomic E-state index is 0.0141. The molecule has 1 unspecified atom stereocenters. The molecule has 6 rings (SSSR count). The molecule has 0 spiro atoms. The van der Waals surface area contributed by atoms with E-state index in [-0.39, 0.29) is 50.4 Å². The number of rotatable bonds is 18. The van der Waals surface area contributed by atoms with Gasteiger partial charge in [0.25, 0.3) is 5.91 Å². The molecule has 4 N–H and O–H groups in total. The Bertz CT molecular complexity index is 2500. The molecule has 14 nitrogen and oxygen atoms in total. The van der Waals surface area contributed by atoms with Gasteiger partial charge in [0.2, 0.25) is 17.7 Å². The van der Waals surface area contributed by atoms with Crippen molar-refractivity contribution in [2.75, 3.05) is 26.4 Å². The minimum Gasteiger partial charge on any atom is -0.494 e. The van der Waals surface area contributed by atoms with E-state index >= 15 is 0 Å². The van der Waals surface area contributed by atoms with Crippen LogP contribution < -0.4 is 25.4 Å². The van der Waals surface area contributed by atoms with Crippen molar-refractivity contribution in [3.8, 4) is 28.0 Å². The molecule has 1 saturated heterocycles. The Morgan fingerprint density at radius 3 is 2.22 bits per heavy atom. The second-order valence-corrected chi connectivity index (χ2v) is 20.8. The molecule has 370 valence electrons. The van der Waals surface area contributed by atoms with Crippen LogP contribution in [0.5, 0.6) is 11.5 Å². The van der Waals surface area contributed by atoms with Crippen LogP contribution in [0, 0.1) is 34.5 Å². The molecule has 1 aliphatic heterocycles. The zero-order valence-electron chi connectivity index (χ0n) is 40.2. The van der Waals surface area contributed by atoms with Gasteiger partial charge in [-0.3, -0.25) is 19.2 Å². The number of hydrogen-bond donors (Lipinski definition) is 4. The van der Waals surface area contributed by atoms with Crippen LogP contribution >= 0.6 is 11.3 Å². The predicted octanol–water partition coefficient (Wildman–Crippen LogP) is 7.61. The smallest absolute Gasteiger partial charge is 0.417 e.